The summed E-state index contributed by atoms with van der Waals surface area (Å²) in [4.78, 5) is 15.1. The van der Waals surface area contributed by atoms with Gasteiger partial charge in [0.2, 0.25) is 0 Å². The van der Waals surface area contributed by atoms with Gasteiger partial charge in [0.1, 0.15) is 22.3 Å². The van der Waals surface area contributed by atoms with Crippen LogP contribution in [0.25, 0.3) is 27.8 Å². The summed E-state index contributed by atoms with van der Waals surface area (Å²) in [6.07, 6.45) is 0. The molecular weight excluding hydrogens is 362 g/mol. The van der Waals surface area contributed by atoms with Gasteiger partial charge >= 0.3 is 0 Å². The monoisotopic (exact) mass is 372 g/mol. The highest BCUT2D eigenvalue weighted by atomic mass is 35.5. The molecule has 0 saturated carbocycles. The van der Waals surface area contributed by atoms with Gasteiger partial charge in [-0.05, 0) is 48.0 Å². The molecule has 0 bridgehead atoms. The molecule has 2 N–H and O–H groups in total. The zero-order chi connectivity index (χ0) is 18.4. The minimum Gasteiger partial charge on any atom is -0.505 e. The second kappa shape index (κ2) is 6.00. The van der Waals surface area contributed by atoms with Gasteiger partial charge in [-0.25, -0.2) is 8.78 Å². The van der Waals surface area contributed by atoms with Gasteiger partial charge in [-0.3, -0.25) is 9.36 Å². The molecule has 0 amide bonds. The van der Waals surface area contributed by atoms with Gasteiger partial charge in [-0.15, -0.1) is 0 Å². The number of hydrogen-bond acceptors (Lipinski definition) is 2. The molecule has 2 heterocycles. The van der Waals surface area contributed by atoms with Crippen LogP contribution in [0.3, 0.4) is 0 Å². The highest BCUT2D eigenvalue weighted by Crippen LogP contribution is 2.37. The Morgan fingerprint density at radius 3 is 2.42 bits per heavy atom. The van der Waals surface area contributed by atoms with E-state index in [0.717, 1.165) is 6.07 Å². The lowest BCUT2D eigenvalue weighted by Crippen LogP contribution is -2.10. The molecular formula is C19H11ClF2N2O2. The van der Waals surface area contributed by atoms with Crippen molar-refractivity contribution in [2.45, 2.75) is 0 Å². The lowest BCUT2D eigenvalue weighted by molar-refractivity contribution is 0.480. The average molecular weight is 373 g/mol. The summed E-state index contributed by atoms with van der Waals surface area (Å²) >= 11 is 6.27. The van der Waals surface area contributed by atoms with Crippen molar-refractivity contribution in [3.63, 3.8) is 0 Å². The van der Waals surface area contributed by atoms with Crippen molar-refractivity contribution in [3.8, 4) is 22.6 Å². The van der Waals surface area contributed by atoms with E-state index in [2.05, 4.69) is 4.98 Å². The van der Waals surface area contributed by atoms with Crippen LogP contribution in [0.4, 0.5) is 8.78 Å². The normalized spacial score (nSPS) is 11.2. The number of nitrogens with one attached hydrogen (secondary N) is 1. The van der Waals surface area contributed by atoms with Crippen LogP contribution >= 0.6 is 11.6 Å². The Balaban J connectivity index is 2.07. The second-order valence-corrected chi connectivity index (χ2v) is 6.12. The Kier molecular flexibility index (Phi) is 3.77. The summed E-state index contributed by atoms with van der Waals surface area (Å²) in [7, 11) is 0. The third-order valence-electron chi connectivity index (χ3n) is 4.09. The molecule has 26 heavy (non-hydrogen) atoms. The van der Waals surface area contributed by atoms with Gasteiger partial charge in [0.15, 0.2) is 5.75 Å². The Labute approximate surface area is 150 Å². The third-order valence-corrected chi connectivity index (χ3v) is 4.37. The first kappa shape index (κ1) is 16.4. The number of aromatic amines is 1. The lowest BCUT2D eigenvalue weighted by atomic mass is 10.1. The minimum absolute atomic E-state index is 0.0740. The molecule has 2 aromatic heterocycles. The van der Waals surface area contributed by atoms with Gasteiger partial charge in [0.25, 0.3) is 5.56 Å². The Bertz CT molecular complexity index is 1200. The number of fused-ring (bicyclic) bond motifs is 1. The van der Waals surface area contributed by atoms with Crippen LogP contribution in [0.1, 0.15) is 0 Å². The molecule has 0 saturated heterocycles. The molecule has 0 aliphatic heterocycles. The van der Waals surface area contributed by atoms with E-state index in [4.69, 9.17) is 11.6 Å². The number of H-pyrrole nitrogens is 1. The maximum atomic E-state index is 13.6. The lowest BCUT2D eigenvalue weighted by Gasteiger charge is -2.11. The van der Waals surface area contributed by atoms with Crippen molar-refractivity contribution in [1.82, 2.24) is 9.55 Å². The second-order valence-electron chi connectivity index (χ2n) is 5.73. The maximum Gasteiger partial charge on any atom is 0.260 e. The Hall–Kier alpha value is -3.12. The molecule has 2 aromatic carbocycles. The average Bonchev–Trinajstić information content (AvgIpc) is 2.92. The molecule has 130 valence electrons. The topological polar surface area (TPSA) is 58.0 Å². The number of benzene rings is 2. The highest BCUT2D eigenvalue weighted by molar-refractivity contribution is 6.31. The van der Waals surface area contributed by atoms with E-state index in [1.54, 1.807) is 0 Å². The molecule has 4 aromatic rings. The van der Waals surface area contributed by atoms with E-state index in [-0.39, 0.29) is 27.5 Å². The zero-order valence-corrected chi connectivity index (χ0v) is 13.9. The third kappa shape index (κ3) is 2.55. The smallest absolute Gasteiger partial charge is 0.260 e. The van der Waals surface area contributed by atoms with Gasteiger partial charge in [-0.1, -0.05) is 23.7 Å². The van der Waals surface area contributed by atoms with Crippen LogP contribution in [-0.4, -0.2) is 14.7 Å². The zero-order valence-electron chi connectivity index (χ0n) is 13.1. The van der Waals surface area contributed by atoms with E-state index in [0.29, 0.717) is 11.2 Å². The predicted molar refractivity (Wildman–Crippen MR) is 95.9 cm³/mol. The van der Waals surface area contributed by atoms with E-state index in [1.165, 1.54) is 53.1 Å². The SMILES string of the molecule is O=c1[nH]c2cc(Cl)n(-c3ccc(F)cc3)c2c(O)c1-c1cccc(F)c1. The Morgan fingerprint density at radius 1 is 1.00 bits per heavy atom. The van der Waals surface area contributed by atoms with Crippen molar-refractivity contribution < 1.29 is 13.9 Å². The molecule has 4 nitrogen and oxygen atoms in total. The van der Waals surface area contributed by atoms with Crippen LogP contribution in [0, 0.1) is 11.6 Å². The van der Waals surface area contributed by atoms with Crippen LogP contribution in [0.5, 0.6) is 5.75 Å². The van der Waals surface area contributed by atoms with Crippen LogP contribution in [0.2, 0.25) is 5.15 Å². The van der Waals surface area contributed by atoms with E-state index in [9.17, 15) is 18.7 Å². The maximum absolute atomic E-state index is 13.6. The fraction of sp³-hybridized carbons (Fsp3) is 0. The van der Waals surface area contributed by atoms with Crippen LogP contribution < -0.4 is 5.56 Å². The first-order chi connectivity index (χ1) is 12.5. The van der Waals surface area contributed by atoms with Crippen LogP contribution in [-0.2, 0) is 0 Å². The number of aromatic hydroxyl groups is 1. The predicted octanol–water partition coefficient (Wildman–Crippen LogP) is 4.62. The minimum atomic E-state index is -0.575. The molecule has 0 atom stereocenters. The van der Waals surface area contributed by atoms with E-state index < -0.39 is 17.2 Å². The number of aromatic nitrogens is 2. The number of halogens is 3. The van der Waals surface area contributed by atoms with Crippen molar-refractivity contribution in [1.29, 1.82) is 0 Å². The van der Waals surface area contributed by atoms with Crippen molar-refractivity contribution in [3.05, 3.63) is 81.7 Å². The number of pyridine rings is 1. The number of hydrogen-bond donors (Lipinski definition) is 2. The summed E-state index contributed by atoms with van der Waals surface area (Å²) in [5, 5.41) is 11.0. The summed E-state index contributed by atoms with van der Waals surface area (Å²) in [6.45, 7) is 0. The van der Waals surface area contributed by atoms with E-state index in [1.807, 2.05) is 0 Å². The standard InChI is InChI=1S/C19H11ClF2N2O2/c20-15-9-14-17(24(15)13-6-4-11(21)5-7-13)18(25)16(19(26)23-14)10-2-1-3-12(22)8-10/h1-9H,(H2,23,25,26). The van der Waals surface area contributed by atoms with Gasteiger partial charge in [0, 0.05) is 5.69 Å². The molecule has 0 aliphatic carbocycles. The van der Waals surface area contributed by atoms with Crippen molar-refractivity contribution >= 4 is 22.6 Å². The molecule has 0 unspecified atom stereocenters. The first-order valence-corrected chi connectivity index (χ1v) is 8.01. The summed E-state index contributed by atoms with van der Waals surface area (Å²) in [5.41, 5.74) is 0.624. The number of rotatable bonds is 2. The molecule has 0 aliphatic rings. The Morgan fingerprint density at radius 2 is 1.73 bits per heavy atom. The van der Waals surface area contributed by atoms with Gasteiger partial charge in [-0.2, -0.15) is 0 Å². The molecule has 0 fully saturated rings. The first-order valence-electron chi connectivity index (χ1n) is 7.64. The molecule has 0 radical (unpaired) electrons. The fourth-order valence-electron chi connectivity index (χ4n) is 2.97. The van der Waals surface area contributed by atoms with Crippen molar-refractivity contribution in [2.75, 3.05) is 0 Å². The van der Waals surface area contributed by atoms with Crippen molar-refractivity contribution in [2.24, 2.45) is 0 Å². The van der Waals surface area contributed by atoms with Gasteiger partial charge in [0.05, 0.1) is 11.1 Å². The number of nitrogens with zero attached hydrogens (tertiary/aromatic N) is 1. The summed E-state index contributed by atoms with van der Waals surface area (Å²) in [6, 6.07) is 12.3. The molecule has 7 heteroatoms. The highest BCUT2D eigenvalue weighted by Gasteiger charge is 2.20. The molecule has 0 spiro atoms. The van der Waals surface area contributed by atoms with Gasteiger partial charge < -0.3 is 10.1 Å². The largest absolute Gasteiger partial charge is 0.505 e. The fourth-order valence-corrected chi connectivity index (χ4v) is 3.26. The van der Waals surface area contributed by atoms with E-state index >= 15 is 0 Å². The summed E-state index contributed by atoms with van der Waals surface area (Å²) < 4.78 is 28.3. The van der Waals surface area contributed by atoms with Crippen LogP contribution in [0.15, 0.2) is 59.4 Å². The summed E-state index contributed by atoms with van der Waals surface area (Å²) in [5.74, 6) is -1.29. The quantitative estimate of drug-likeness (QED) is 0.539. The molecule has 4 rings (SSSR count).